The van der Waals surface area contributed by atoms with Gasteiger partial charge in [-0.15, -0.1) is 0 Å². The number of nitrogens with one attached hydrogen (secondary N) is 1. The van der Waals surface area contributed by atoms with E-state index in [1.54, 1.807) is 0 Å². The first kappa shape index (κ1) is 17.9. The third kappa shape index (κ3) is 5.71. The van der Waals surface area contributed by atoms with E-state index in [0.717, 1.165) is 12.8 Å². The molecule has 6 nitrogen and oxygen atoms in total. The van der Waals surface area contributed by atoms with Crippen LogP contribution in [0.5, 0.6) is 5.75 Å². The maximum atomic E-state index is 12.0. The number of amides is 1. The number of nitrogens with zero attached hydrogens (tertiary/aromatic N) is 1. The second-order valence-electron chi connectivity index (χ2n) is 5.17. The average Bonchev–Trinajstić information content (AvgIpc) is 2.53. The molecule has 6 heteroatoms. The lowest BCUT2D eigenvalue weighted by Gasteiger charge is -2.07. The summed E-state index contributed by atoms with van der Waals surface area (Å²) in [4.78, 5) is 22.4. The number of nitro benzene ring substituents is 1. The van der Waals surface area contributed by atoms with Gasteiger partial charge in [-0.2, -0.15) is 0 Å². The van der Waals surface area contributed by atoms with E-state index in [0.29, 0.717) is 6.54 Å². The minimum atomic E-state index is -0.552. The average molecular weight is 308 g/mol. The van der Waals surface area contributed by atoms with Crippen molar-refractivity contribution in [1.82, 2.24) is 5.32 Å². The minimum Gasteiger partial charge on any atom is -0.490 e. The number of carbonyl (C=O) groups is 1. The van der Waals surface area contributed by atoms with E-state index in [-0.39, 0.29) is 22.9 Å². The van der Waals surface area contributed by atoms with Crippen LogP contribution in [-0.2, 0) is 0 Å². The summed E-state index contributed by atoms with van der Waals surface area (Å²) < 4.78 is 4.91. The molecule has 0 fully saturated rings. The molecule has 0 unspecified atom stereocenters. The van der Waals surface area contributed by atoms with Crippen LogP contribution < -0.4 is 10.1 Å². The predicted molar refractivity (Wildman–Crippen MR) is 85.4 cm³/mol. The highest BCUT2D eigenvalue weighted by Crippen LogP contribution is 2.27. The quantitative estimate of drug-likeness (QED) is 0.406. The van der Waals surface area contributed by atoms with Gasteiger partial charge in [0.25, 0.3) is 5.91 Å². The molecule has 0 atom stereocenters. The third-order valence-corrected chi connectivity index (χ3v) is 3.45. The SMILES string of the molecule is CCCCCCCCNC(=O)c1ccc(OC)c([N+](=O)[O-])c1. The van der Waals surface area contributed by atoms with Gasteiger partial charge in [-0.3, -0.25) is 14.9 Å². The maximum absolute atomic E-state index is 12.0. The summed E-state index contributed by atoms with van der Waals surface area (Å²) in [5.74, 6) is -0.142. The van der Waals surface area contributed by atoms with Crippen LogP contribution in [0, 0.1) is 10.1 Å². The smallest absolute Gasteiger partial charge is 0.311 e. The lowest BCUT2D eigenvalue weighted by Crippen LogP contribution is -2.24. The summed E-state index contributed by atoms with van der Waals surface area (Å²) in [6, 6.07) is 4.22. The van der Waals surface area contributed by atoms with Gasteiger partial charge in [0.05, 0.1) is 12.0 Å². The highest BCUT2D eigenvalue weighted by atomic mass is 16.6. The number of nitro groups is 1. The van der Waals surface area contributed by atoms with Crippen molar-refractivity contribution in [2.45, 2.75) is 45.4 Å². The van der Waals surface area contributed by atoms with Gasteiger partial charge in [-0.05, 0) is 18.6 Å². The number of ether oxygens (including phenoxy) is 1. The van der Waals surface area contributed by atoms with E-state index in [1.807, 2.05) is 0 Å². The summed E-state index contributed by atoms with van der Waals surface area (Å²) in [7, 11) is 1.36. The van der Waals surface area contributed by atoms with E-state index >= 15 is 0 Å². The molecule has 0 spiro atoms. The molecule has 22 heavy (non-hydrogen) atoms. The maximum Gasteiger partial charge on any atom is 0.311 e. The van der Waals surface area contributed by atoms with Crippen molar-refractivity contribution in [2.24, 2.45) is 0 Å². The molecule has 0 aliphatic carbocycles. The summed E-state index contributed by atoms with van der Waals surface area (Å²) in [5, 5.41) is 13.7. The Labute approximate surface area is 131 Å². The van der Waals surface area contributed by atoms with Crippen LogP contribution in [-0.4, -0.2) is 24.5 Å². The second kappa shape index (κ2) is 9.76. The molecule has 1 amide bonds. The molecule has 1 rings (SSSR count). The van der Waals surface area contributed by atoms with Crippen LogP contribution in [0.2, 0.25) is 0 Å². The van der Waals surface area contributed by atoms with Crippen LogP contribution in [0.15, 0.2) is 18.2 Å². The summed E-state index contributed by atoms with van der Waals surface area (Å²) >= 11 is 0. The van der Waals surface area contributed by atoms with Crippen molar-refractivity contribution in [3.63, 3.8) is 0 Å². The van der Waals surface area contributed by atoms with Gasteiger partial charge in [-0.1, -0.05) is 39.0 Å². The molecular formula is C16H24N2O4. The Morgan fingerprint density at radius 3 is 2.55 bits per heavy atom. The fourth-order valence-electron chi connectivity index (χ4n) is 2.18. The topological polar surface area (TPSA) is 81.5 Å². The molecule has 0 aliphatic heterocycles. The van der Waals surface area contributed by atoms with Crippen molar-refractivity contribution >= 4 is 11.6 Å². The Morgan fingerprint density at radius 2 is 1.91 bits per heavy atom. The number of methoxy groups -OCH3 is 1. The minimum absolute atomic E-state index is 0.150. The summed E-state index contributed by atoms with van der Waals surface area (Å²) in [5.41, 5.74) is 0.0770. The first-order chi connectivity index (χ1) is 10.6. The largest absolute Gasteiger partial charge is 0.490 e. The van der Waals surface area contributed by atoms with E-state index in [4.69, 9.17) is 4.74 Å². The van der Waals surface area contributed by atoms with Crippen molar-refractivity contribution < 1.29 is 14.5 Å². The zero-order valence-electron chi connectivity index (χ0n) is 13.3. The van der Waals surface area contributed by atoms with E-state index < -0.39 is 4.92 Å². The Morgan fingerprint density at radius 1 is 1.23 bits per heavy atom. The zero-order valence-corrected chi connectivity index (χ0v) is 13.3. The number of unbranched alkanes of at least 4 members (excludes halogenated alkanes) is 5. The molecule has 0 heterocycles. The van der Waals surface area contributed by atoms with Gasteiger partial charge in [-0.25, -0.2) is 0 Å². The predicted octanol–water partition coefficient (Wildman–Crippen LogP) is 3.69. The number of benzene rings is 1. The zero-order chi connectivity index (χ0) is 16.4. The Hall–Kier alpha value is -2.11. The first-order valence-electron chi connectivity index (χ1n) is 7.70. The van der Waals surface area contributed by atoms with Gasteiger partial charge in [0.1, 0.15) is 0 Å². The number of carbonyl (C=O) groups excluding carboxylic acids is 1. The highest BCUT2D eigenvalue weighted by Gasteiger charge is 2.17. The standard InChI is InChI=1S/C16H24N2O4/c1-3-4-5-6-7-8-11-17-16(19)13-9-10-15(22-2)14(12-13)18(20)21/h9-10,12H,3-8,11H2,1-2H3,(H,17,19). The molecule has 0 saturated heterocycles. The van der Waals surface area contributed by atoms with Crippen molar-refractivity contribution in [2.75, 3.05) is 13.7 Å². The van der Waals surface area contributed by atoms with Crippen LogP contribution in [0.25, 0.3) is 0 Å². The normalized spacial score (nSPS) is 10.3. The Balaban J connectivity index is 2.45. The van der Waals surface area contributed by atoms with Crippen molar-refractivity contribution in [3.8, 4) is 5.75 Å². The third-order valence-electron chi connectivity index (χ3n) is 3.45. The molecule has 0 aromatic heterocycles. The van der Waals surface area contributed by atoms with Crippen LogP contribution in [0.3, 0.4) is 0 Å². The second-order valence-corrected chi connectivity index (χ2v) is 5.17. The van der Waals surface area contributed by atoms with Gasteiger partial charge >= 0.3 is 5.69 Å². The number of hydrogen-bond donors (Lipinski definition) is 1. The van der Waals surface area contributed by atoms with Crippen LogP contribution in [0.4, 0.5) is 5.69 Å². The Kier molecular flexibility index (Phi) is 7.96. The van der Waals surface area contributed by atoms with Gasteiger partial charge < -0.3 is 10.1 Å². The summed E-state index contributed by atoms with van der Waals surface area (Å²) in [6.45, 7) is 2.76. The van der Waals surface area contributed by atoms with Gasteiger partial charge in [0.15, 0.2) is 5.75 Å². The van der Waals surface area contributed by atoms with E-state index in [9.17, 15) is 14.9 Å². The fraction of sp³-hybridized carbons (Fsp3) is 0.562. The summed E-state index contributed by atoms with van der Waals surface area (Å²) in [6.07, 6.45) is 6.89. The molecule has 122 valence electrons. The first-order valence-corrected chi connectivity index (χ1v) is 7.70. The molecular weight excluding hydrogens is 284 g/mol. The monoisotopic (exact) mass is 308 g/mol. The van der Waals surface area contributed by atoms with Crippen molar-refractivity contribution in [3.05, 3.63) is 33.9 Å². The molecule has 0 saturated carbocycles. The lowest BCUT2D eigenvalue weighted by atomic mass is 10.1. The highest BCUT2D eigenvalue weighted by molar-refractivity contribution is 5.95. The van der Waals surface area contributed by atoms with Crippen molar-refractivity contribution in [1.29, 1.82) is 0 Å². The van der Waals surface area contributed by atoms with E-state index in [2.05, 4.69) is 12.2 Å². The molecule has 0 bridgehead atoms. The lowest BCUT2D eigenvalue weighted by molar-refractivity contribution is -0.385. The number of rotatable bonds is 10. The molecule has 0 aliphatic rings. The number of hydrogen-bond acceptors (Lipinski definition) is 4. The molecule has 1 aromatic carbocycles. The van der Waals surface area contributed by atoms with Crippen LogP contribution in [0.1, 0.15) is 55.8 Å². The fourth-order valence-corrected chi connectivity index (χ4v) is 2.18. The Bertz CT molecular complexity index is 503. The molecule has 0 radical (unpaired) electrons. The van der Waals surface area contributed by atoms with E-state index in [1.165, 1.54) is 51.0 Å². The van der Waals surface area contributed by atoms with Crippen LogP contribution >= 0.6 is 0 Å². The van der Waals surface area contributed by atoms with Gasteiger partial charge in [0, 0.05) is 18.2 Å². The molecule has 1 aromatic rings. The van der Waals surface area contributed by atoms with Gasteiger partial charge in [0.2, 0.25) is 0 Å². The molecule has 1 N–H and O–H groups in total.